The molecule has 0 spiro atoms. The second-order valence-corrected chi connectivity index (χ2v) is 5.40. The van der Waals surface area contributed by atoms with Crippen molar-refractivity contribution in [3.63, 3.8) is 0 Å². The minimum absolute atomic E-state index is 1.30. The Hall–Kier alpha value is -0.300. The smallest absolute Gasteiger partial charge is 0.00480 e. The van der Waals surface area contributed by atoms with Crippen LogP contribution < -0.4 is 0 Å². The molecular formula is C13H22S. The lowest BCUT2D eigenvalue weighted by molar-refractivity contribution is 0.609. The van der Waals surface area contributed by atoms with Gasteiger partial charge in [-0.3, -0.25) is 0 Å². The maximum atomic E-state index is 2.28. The van der Waals surface area contributed by atoms with Crippen molar-refractivity contribution in [2.75, 3.05) is 0 Å². The lowest BCUT2D eigenvalue weighted by Gasteiger charge is -1.99. The topological polar surface area (TPSA) is 0 Å². The third-order valence-electron chi connectivity index (χ3n) is 2.57. The van der Waals surface area contributed by atoms with Crippen LogP contribution in [-0.4, -0.2) is 0 Å². The Bertz CT molecular complexity index is 237. The SMILES string of the molecule is CCCCCCCCc1ccc(C)s1. The van der Waals surface area contributed by atoms with E-state index in [-0.39, 0.29) is 0 Å². The average Bonchev–Trinajstić information content (AvgIpc) is 2.58. The van der Waals surface area contributed by atoms with Crippen molar-refractivity contribution in [1.29, 1.82) is 0 Å². The third kappa shape index (κ3) is 4.80. The zero-order valence-corrected chi connectivity index (χ0v) is 10.3. The molecule has 0 amide bonds. The molecule has 0 fully saturated rings. The van der Waals surface area contributed by atoms with Crippen LogP contribution in [0.1, 0.15) is 55.2 Å². The highest BCUT2D eigenvalue weighted by molar-refractivity contribution is 7.11. The second kappa shape index (κ2) is 7.05. The number of hydrogen-bond donors (Lipinski definition) is 0. The van der Waals surface area contributed by atoms with E-state index in [2.05, 4.69) is 26.0 Å². The highest BCUT2D eigenvalue weighted by atomic mass is 32.1. The van der Waals surface area contributed by atoms with Crippen molar-refractivity contribution in [2.45, 2.75) is 58.8 Å². The van der Waals surface area contributed by atoms with Gasteiger partial charge in [-0.1, -0.05) is 39.0 Å². The number of rotatable bonds is 7. The van der Waals surface area contributed by atoms with E-state index >= 15 is 0 Å². The summed E-state index contributed by atoms with van der Waals surface area (Å²) in [6.45, 7) is 4.46. The molecule has 0 N–H and O–H groups in total. The van der Waals surface area contributed by atoms with E-state index in [1.54, 1.807) is 4.88 Å². The molecule has 1 aromatic heterocycles. The molecule has 1 rings (SSSR count). The van der Waals surface area contributed by atoms with Crippen LogP contribution in [0.25, 0.3) is 0 Å². The van der Waals surface area contributed by atoms with E-state index in [1.165, 1.54) is 49.8 Å². The molecular weight excluding hydrogens is 188 g/mol. The van der Waals surface area contributed by atoms with Crippen LogP contribution in [0.15, 0.2) is 12.1 Å². The zero-order valence-electron chi connectivity index (χ0n) is 9.51. The first-order valence-corrected chi connectivity index (χ1v) is 6.70. The van der Waals surface area contributed by atoms with Crippen LogP contribution in [0.4, 0.5) is 0 Å². The molecule has 1 heterocycles. The van der Waals surface area contributed by atoms with Crippen molar-refractivity contribution in [1.82, 2.24) is 0 Å². The number of hydrogen-bond acceptors (Lipinski definition) is 1. The van der Waals surface area contributed by atoms with Crippen LogP contribution in [-0.2, 0) is 6.42 Å². The average molecular weight is 210 g/mol. The van der Waals surface area contributed by atoms with Gasteiger partial charge in [0.25, 0.3) is 0 Å². The van der Waals surface area contributed by atoms with Gasteiger partial charge in [0, 0.05) is 9.75 Å². The third-order valence-corrected chi connectivity index (χ3v) is 3.63. The fourth-order valence-electron chi connectivity index (χ4n) is 1.70. The summed E-state index contributed by atoms with van der Waals surface area (Å²) in [6.07, 6.45) is 9.71. The maximum Gasteiger partial charge on any atom is 0.00480 e. The van der Waals surface area contributed by atoms with Crippen LogP contribution in [0.3, 0.4) is 0 Å². The number of aryl methyl sites for hydroxylation is 2. The Kier molecular flexibility index (Phi) is 5.93. The van der Waals surface area contributed by atoms with Crippen molar-refractivity contribution in [3.8, 4) is 0 Å². The molecule has 0 nitrogen and oxygen atoms in total. The van der Waals surface area contributed by atoms with Gasteiger partial charge in [0.15, 0.2) is 0 Å². The predicted molar refractivity (Wildman–Crippen MR) is 66.1 cm³/mol. The summed E-state index contributed by atoms with van der Waals surface area (Å²) in [6, 6.07) is 4.52. The van der Waals surface area contributed by atoms with Gasteiger partial charge in [0.1, 0.15) is 0 Å². The minimum atomic E-state index is 1.30. The summed E-state index contributed by atoms with van der Waals surface area (Å²) in [4.78, 5) is 3.02. The maximum absolute atomic E-state index is 2.28. The fraction of sp³-hybridized carbons (Fsp3) is 0.692. The van der Waals surface area contributed by atoms with Gasteiger partial charge < -0.3 is 0 Å². The summed E-state index contributed by atoms with van der Waals surface area (Å²) < 4.78 is 0. The molecule has 0 saturated heterocycles. The van der Waals surface area contributed by atoms with Gasteiger partial charge in [-0.25, -0.2) is 0 Å². The van der Waals surface area contributed by atoms with E-state index < -0.39 is 0 Å². The molecule has 0 aliphatic rings. The van der Waals surface area contributed by atoms with E-state index in [0.29, 0.717) is 0 Å². The van der Waals surface area contributed by atoms with Gasteiger partial charge in [-0.15, -0.1) is 11.3 Å². The van der Waals surface area contributed by atoms with Crippen molar-refractivity contribution in [2.24, 2.45) is 0 Å². The van der Waals surface area contributed by atoms with Gasteiger partial charge in [-0.05, 0) is 31.9 Å². The van der Waals surface area contributed by atoms with Crippen LogP contribution >= 0.6 is 11.3 Å². The fourth-order valence-corrected chi connectivity index (χ4v) is 2.63. The summed E-state index contributed by atoms with van der Waals surface area (Å²) in [5, 5.41) is 0. The lowest BCUT2D eigenvalue weighted by atomic mass is 10.1. The number of thiophene rings is 1. The molecule has 1 aromatic rings. The summed E-state index contributed by atoms with van der Waals surface area (Å²) in [5.41, 5.74) is 0. The standard InChI is InChI=1S/C13H22S/c1-3-4-5-6-7-8-9-13-11-10-12(2)14-13/h10-11H,3-9H2,1-2H3. The summed E-state index contributed by atoms with van der Waals surface area (Å²) >= 11 is 1.96. The molecule has 14 heavy (non-hydrogen) atoms. The Morgan fingerprint density at radius 1 is 1.00 bits per heavy atom. The zero-order chi connectivity index (χ0) is 10.2. The molecule has 1 heteroatoms. The first-order chi connectivity index (χ1) is 6.83. The normalized spacial score (nSPS) is 10.7. The Labute approximate surface area is 92.4 Å². The Morgan fingerprint density at radius 3 is 2.36 bits per heavy atom. The Morgan fingerprint density at radius 2 is 1.71 bits per heavy atom. The van der Waals surface area contributed by atoms with Crippen molar-refractivity contribution in [3.05, 3.63) is 21.9 Å². The van der Waals surface area contributed by atoms with Gasteiger partial charge in [0.2, 0.25) is 0 Å². The van der Waals surface area contributed by atoms with Crippen molar-refractivity contribution < 1.29 is 0 Å². The second-order valence-electron chi connectivity index (χ2n) is 4.03. The van der Waals surface area contributed by atoms with Crippen LogP contribution in [0, 0.1) is 6.92 Å². The first-order valence-electron chi connectivity index (χ1n) is 5.88. The molecule has 0 saturated carbocycles. The Balaban J connectivity index is 1.99. The largest absolute Gasteiger partial charge is 0.146 e. The summed E-state index contributed by atoms with van der Waals surface area (Å²) in [7, 11) is 0. The van der Waals surface area contributed by atoms with Crippen LogP contribution in [0.2, 0.25) is 0 Å². The molecule has 0 atom stereocenters. The molecule has 0 unspecified atom stereocenters. The van der Waals surface area contributed by atoms with Crippen LogP contribution in [0.5, 0.6) is 0 Å². The first kappa shape index (κ1) is 11.8. The van der Waals surface area contributed by atoms with E-state index in [4.69, 9.17) is 0 Å². The van der Waals surface area contributed by atoms with Gasteiger partial charge in [-0.2, -0.15) is 0 Å². The molecule has 0 aromatic carbocycles. The number of unbranched alkanes of at least 4 members (excludes halogenated alkanes) is 5. The molecule has 0 aliphatic carbocycles. The minimum Gasteiger partial charge on any atom is -0.146 e. The molecule has 0 bridgehead atoms. The van der Waals surface area contributed by atoms with Gasteiger partial charge in [0.05, 0.1) is 0 Å². The van der Waals surface area contributed by atoms with E-state index in [1.807, 2.05) is 11.3 Å². The van der Waals surface area contributed by atoms with Gasteiger partial charge >= 0.3 is 0 Å². The molecule has 0 radical (unpaired) electrons. The molecule has 0 aliphatic heterocycles. The molecule has 80 valence electrons. The quantitative estimate of drug-likeness (QED) is 0.558. The highest BCUT2D eigenvalue weighted by Crippen LogP contribution is 2.18. The monoisotopic (exact) mass is 210 g/mol. The summed E-state index contributed by atoms with van der Waals surface area (Å²) in [5.74, 6) is 0. The van der Waals surface area contributed by atoms with E-state index in [0.717, 1.165) is 0 Å². The van der Waals surface area contributed by atoms with E-state index in [9.17, 15) is 0 Å². The van der Waals surface area contributed by atoms with Crippen molar-refractivity contribution >= 4 is 11.3 Å². The highest BCUT2D eigenvalue weighted by Gasteiger charge is 1.96. The lowest BCUT2D eigenvalue weighted by Crippen LogP contribution is -1.82. The predicted octanol–water partition coefficient (Wildman–Crippen LogP) is 4.96.